The Morgan fingerprint density at radius 3 is 2.74 bits per heavy atom. The number of thiazole rings is 1. The van der Waals surface area contributed by atoms with Crippen LogP contribution in [0.1, 0.15) is 30.6 Å². The molecule has 2 aromatic heterocycles. The molecule has 3 aliphatic rings. The van der Waals surface area contributed by atoms with Gasteiger partial charge in [-0.2, -0.15) is 4.31 Å². The molecule has 0 aliphatic carbocycles. The molecule has 3 aromatic rings. The molecule has 0 radical (unpaired) electrons. The number of ether oxygens (including phenoxy) is 1. The Balaban J connectivity index is 1.06. The first-order valence-electron chi connectivity index (χ1n) is 13.4. The topological polar surface area (TPSA) is 95.8 Å². The van der Waals surface area contributed by atoms with E-state index in [9.17, 15) is 12.8 Å². The number of hydrogen-bond acceptors (Lipinski definition) is 9. The number of piperazine rings is 1. The molecule has 210 valence electrons. The van der Waals surface area contributed by atoms with Gasteiger partial charge in [-0.15, -0.1) is 0 Å². The van der Waals surface area contributed by atoms with Crippen molar-refractivity contribution in [2.45, 2.75) is 42.3 Å². The summed E-state index contributed by atoms with van der Waals surface area (Å²) in [7, 11) is -3.61. The fraction of sp³-hybridized carbons (Fsp3) is 0.538. The van der Waals surface area contributed by atoms with Crippen molar-refractivity contribution in [2.75, 3.05) is 57.3 Å². The van der Waals surface area contributed by atoms with E-state index in [1.807, 2.05) is 6.20 Å². The average molecular weight is 576 g/mol. The number of anilines is 1. The van der Waals surface area contributed by atoms with Crippen molar-refractivity contribution < 1.29 is 17.5 Å². The SMILES string of the molecule is C[C@H](c1ccc(F)cc1)n1cncc1CN1CCN(S(=O)(=O)c2cnc(N3CC[C@H]4NCCO[C@@H]4C3)s2)CC1. The van der Waals surface area contributed by atoms with Crippen LogP contribution in [-0.4, -0.2) is 96.7 Å². The first-order chi connectivity index (χ1) is 18.9. The lowest BCUT2D eigenvalue weighted by molar-refractivity contribution is -0.00903. The van der Waals surface area contributed by atoms with Crippen LogP contribution in [-0.2, 0) is 21.3 Å². The van der Waals surface area contributed by atoms with E-state index in [-0.39, 0.29) is 18.0 Å². The molecule has 3 saturated heterocycles. The molecule has 0 unspecified atom stereocenters. The third kappa shape index (κ3) is 5.61. The molecular weight excluding hydrogens is 541 g/mol. The highest BCUT2D eigenvalue weighted by Crippen LogP contribution is 2.31. The molecule has 3 aliphatic heterocycles. The number of sulfonamides is 1. The van der Waals surface area contributed by atoms with Gasteiger partial charge in [0, 0.05) is 64.6 Å². The molecule has 5 heterocycles. The standard InChI is InChI=1S/C26H34FN7O3S2/c1-19(20-2-4-21(27)5-3-20)34-18-28-14-22(34)16-31-9-11-33(12-10-31)39(35,36)25-15-30-26(38-25)32-8-6-23-24(17-32)37-13-7-29-23/h2-5,14-15,18-19,23-24,29H,6-13,16-17H2,1H3/t19-,23-,24-/m1/s1. The van der Waals surface area contributed by atoms with E-state index in [4.69, 9.17) is 4.74 Å². The van der Waals surface area contributed by atoms with Crippen molar-refractivity contribution in [3.63, 3.8) is 0 Å². The number of imidazole rings is 1. The number of nitrogens with one attached hydrogen (secondary N) is 1. The van der Waals surface area contributed by atoms with Crippen LogP contribution in [0.5, 0.6) is 0 Å². The van der Waals surface area contributed by atoms with Crippen LogP contribution in [0.25, 0.3) is 0 Å². The predicted molar refractivity (Wildman–Crippen MR) is 147 cm³/mol. The number of morpholine rings is 1. The highest BCUT2D eigenvalue weighted by molar-refractivity contribution is 7.91. The van der Waals surface area contributed by atoms with Crippen LogP contribution in [0, 0.1) is 5.82 Å². The number of halogens is 1. The Morgan fingerprint density at radius 1 is 1.15 bits per heavy atom. The number of aromatic nitrogens is 3. The van der Waals surface area contributed by atoms with E-state index < -0.39 is 10.0 Å². The lowest BCUT2D eigenvalue weighted by atomic mass is 10.0. The van der Waals surface area contributed by atoms with Gasteiger partial charge in [0.25, 0.3) is 10.0 Å². The van der Waals surface area contributed by atoms with Gasteiger partial charge in [-0.1, -0.05) is 23.5 Å². The number of rotatable bonds is 7. The van der Waals surface area contributed by atoms with Gasteiger partial charge in [-0.05, 0) is 31.0 Å². The van der Waals surface area contributed by atoms with Crippen LogP contribution in [0.4, 0.5) is 9.52 Å². The maximum absolute atomic E-state index is 13.4. The van der Waals surface area contributed by atoms with Gasteiger partial charge in [-0.3, -0.25) is 4.90 Å². The fourth-order valence-corrected chi connectivity index (χ4v) is 8.38. The average Bonchev–Trinajstić information content (AvgIpc) is 3.64. The Morgan fingerprint density at radius 2 is 1.95 bits per heavy atom. The van der Waals surface area contributed by atoms with E-state index in [2.05, 4.69) is 36.6 Å². The highest BCUT2D eigenvalue weighted by Gasteiger charge is 2.35. The zero-order valence-corrected chi connectivity index (χ0v) is 23.6. The molecule has 3 fully saturated rings. The third-order valence-electron chi connectivity index (χ3n) is 7.97. The van der Waals surface area contributed by atoms with Crippen molar-refractivity contribution in [3.05, 3.63) is 60.1 Å². The Kier molecular flexibility index (Phi) is 7.71. The molecule has 39 heavy (non-hydrogen) atoms. The summed E-state index contributed by atoms with van der Waals surface area (Å²) in [5.41, 5.74) is 2.04. The molecule has 10 nitrogen and oxygen atoms in total. The lowest BCUT2D eigenvalue weighted by Crippen LogP contribution is -2.57. The largest absolute Gasteiger partial charge is 0.373 e. The van der Waals surface area contributed by atoms with Gasteiger partial charge < -0.3 is 19.5 Å². The third-order valence-corrected chi connectivity index (χ3v) is 11.4. The number of piperidine rings is 1. The first kappa shape index (κ1) is 26.8. The molecule has 6 rings (SSSR count). The van der Waals surface area contributed by atoms with Crippen molar-refractivity contribution >= 4 is 26.5 Å². The Labute approximate surface area is 232 Å². The fourth-order valence-electron chi connectivity index (χ4n) is 5.65. The van der Waals surface area contributed by atoms with Crippen LogP contribution >= 0.6 is 11.3 Å². The van der Waals surface area contributed by atoms with E-state index in [0.29, 0.717) is 49.6 Å². The van der Waals surface area contributed by atoms with Gasteiger partial charge in [-0.25, -0.2) is 22.8 Å². The maximum atomic E-state index is 13.4. The zero-order chi connectivity index (χ0) is 27.0. The Bertz CT molecular complexity index is 1370. The normalized spacial score (nSPS) is 24.0. The molecule has 13 heteroatoms. The van der Waals surface area contributed by atoms with Crippen LogP contribution in [0.15, 0.2) is 47.2 Å². The second-order valence-electron chi connectivity index (χ2n) is 10.4. The van der Waals surface area contributed by atoms with E-state index in [0.717, 1.165) is 42.4 Å². The summed E-state index contributed by atoms with van der Waals surface area (Å²) in [5, 5.41) is 4.25. The van der Waals surface area contributed by atoms with Crippen molar-refractivity contribution in [3.8, 4) is 0 Å². The molecule has 0 spiro atoms. The summed E-state index contributed by atoms with van der Waals surface area (Å²) in [4.78, 5) is 13.2. The summed E-state index contributed by atoms with van der Waals surface area (Å²) < 4.78 is 50.1. The van der Waals surface area contributed by atoms with Crippen molar-refractivity contribution in [2.24, 2.45) is 0 Å². The summed E-state index contributed by atoms with van der Waals surface area (Å²) >= 11 is 1.25. The van der Waals surface area contributed by atoms with Crippen LogP contribution < -0.4 is 10.2 Å². The smallest absolute Gasteiger partial charge is 0.254 e. The summed E-state index contributed by atoms with van der Waals surface area (Å²) in [6, 6.07) is 6.90. The van der Waals surface area contributed by atoms with Gasteiger partial charge in [0.15, 0.2) is 9.34 Å². The second kappa shape index (κ2) is 11.2. The second-order valence-corrected chi connectivity index (χ2v) is 13.5. The molecule has 0 bridgehead atoms. The molecule has 1 aromatic carbocycles. The van der Waals surface area contributed by atoms with Crippen LogP contribution in [0.2, 0.25) is 0 Å². The summed E-state index contributed by atoms with van der Waals surface area (Å²) in [5.74, 6) is -0.254. The number of fused-ring (bicyclic) bond motifs is 1. The zero-order valence-electron chi connectivity index (χ0n) is 21.9. The molecule has 3 atom stereocenters. The van der Waals surface area contributed by atoms with Gasteiger partial charge >= 0.3 is 0 Å². The lowest BCUT2D eigenvalue weighted by Gasteiger charge is -2.41. The molecule has 0 saturated carbocycles. The van der Waals surface area contributed by atoms with Crippen molar-refractivity contribution in [1.82, 2.24) is 29.1 Å². The van der Waals surface area contributed by atoms with Gasteiger partial charge in [0.1, 0.15) is 5.82 Å². The molecule has 1 N–H and O–H groups in total. The van der Waals surface area contributed by atoms with Crippen LogP contribution in [0.3, 0.4) is 0 Å². The number of nitrogens with zero attached hydrogens (tertiary/aromatic N) is 6. The quantitative estimate of drug-likeness (QED) is 0.458. The van der Waals surface area contributed by atoms with E-state index in [1.165, 1.54) is 29.7 Å². The number of hydrogen-bond donors (Lipinski definition) is 1. The minimum Gasteiger partial charge on any atom is -0.373 e. The van der Waals surface area contributed by atoms with Gasteiger partial charge in [0.2, 0.25) is 0 Å². The molecular formula is C26H34FN7O3S2. The highest BCUT2D eigenvalue weighted by atomic mass is 32.2. The first-order valence-corrected chi connectivity index (χ1v) is 15.7. The maximum Gasteiger partial charge on any atom is 0.254 e. The monoisotopic (exact) mass is 575 g/mol. The van der Waals surface area contributed by atoms with Crippen molar-refractivity contribution in [1.29, 1.82) is 0 Å². The predicted octanol–water partition coefficient (Wildman–Crippen LogP) is 2.16. The van der Waals surface area contributed by atoms with E-state index in [1.54, 1.807) is 22.8 Å². The molecule has 0 amide bonds. The summed E-state index contributed by atoms with van der Waals surface area (Å²) in [6.45, 7) is 7.96. The Hall–Kier alpha value is -2.42. The summed E-state index contributed by atoms with van der Waals surface area (Å²) in [6.07, 6.45) is 6.21. The van der Waals surface area contributed by atoms with E-state index >= 15 is 0 Å². The minimum atomic E-state index is -3.61. The van der Waals surface area contributed by atoms with Gasteiger partial charge in [0.05, 0.1) is 37.0 Å². The minimum absolute atomic E-state index is 0.0111. The number of benzene rings is 1.